The second-order valence-electron chi connectivity index (χ2n) is 9.37. The van der Waals surface area contributed by atoms with Crippen LogP contribution in [-0.2, 0) is 0 Å². The molecule has 2 heterocycles. The summed E-state index contributed by atoms with van der Waals surface area (Å²) in [6.45, 7) is 0. The molecule has 0 N–H and O–H groups in total. The molecular formula is C26H26N2O. The maximum atomic E-state index is 13.7. The van der Waals surface area contributed by atoms with Crippen LogP contribution in [0, 0.1) is 23.7 Å². The zero-order valence-electron chi connectivity index (χ0n) is 16.6. The molecule has 2 aromatic heterocycles. The van der Waals surface area contributed by atoms with Crippen LogP contribution in [0.3, 0.4) is 0 Å². The molecule has 0 saturated heterocycles. The molecule has 0 spiro atoms. The van der Waals surface area contributed by atoms with Gasteiger partial charge in [-0.3, -0.25) is 14.3 Å². The van der Waals surface area contributed by atoms with Crippen molar-refractivity contribution in [2.24, 2.45) is 23.7 Å². The number of aromatic nitrogens is 2. The monoisotopic (exact) mass is 382 g/mol. The van der Waals surface area contributed by atoms with Gasteiger partial charge in [0.15, 0.2) is 0 Å². The first-order valence-electron chi connectivity index (χ1n) is 11.0. The van der Waals surface area contributed by atoms with E-state index in [2.05, 4.69) is 11.1 Å². The smallest absolute Gasteiger partial charge is 0.258 e. The third-order valence-electron chi connectivity index (χ3n) is 7.63. The van der Waals surface area contributed by atoms with Gasteiger partial charge in [-0.05, 0) is 92.0 Å². The van der Waals surface area contributed by atoms with Gasteiger partial charge in [0.05, 0.1) is 5.69 Å². The highest BCUT2D eigenvalue weighted by Crippen LogP contribution is 2.59. The number of benzene rings is 1. The van der Waals surface area contributed by atoms with Crippen LogP contribution in [-0.4, -0.2) is 9.55 Å². The summed E-state index contributed by atoms with van der Waals surface area (Å²) < 4.78 is 1.85. The number of hydrogen-bond acceptors (Lipinski definition) is 2. The molecule has 146 valence electrons. The van der Waals surface area contributed by atoms with E-state index in [9.17, 15) is 4.79 Å². The maximum absolute atomic E-state index is 13.7. The number of rotatable bonds is 3. The fourth-order valence-electron chi connectivity index (χ4n) is 6.73. The predicted octanol–water partition coefficient (Wildman–Crippen LogP) is 5.44. The van der Waals surface area contributed by atoms with Gasteiger partial charge in [0.25, 0.3) is 5.56 Å². The molecule has 4 aliphatic carbocycles. The minimum absolute atomic E-state index is 0.161. The zero-order chi connectivity index (χ0) is 19.4. The quantitative estimate of drug-likeness (QED) is 0.605. The molecule has 0 aliphatic heterocycles. The molecule has 1 aromatic carbocycles. The lowest BCUT2D eigenvalue weighted by Gasteiger charge is -2.54. The van der Waals surface area contributed by atoms with Crippen LogP contribution in [0.1, 0.15) is 43.6 Å². The van der Waals surface area contributed by atoms with Crippen molar-refractivity contribution in [1.29, 1.82) is 0 Å². The van der Waals surface area contributed by atoms with E-state index in [0.29, 0.717) is 17.8 Å². The molecule has 0 unspecified atom stereocenters. The summed E-state index contributed by atoms with van der Waals surface area (Å²) in [4.78, 5) is 18.3. The summed E-state index contributed by atoms with van der Waals surface area (Å²) in [7, 11) is 0. The van der Waals surface area contributed by atoms with Gasteiger partial charge in [0.2, 0.25) is 0 Å². The van der Waals surface area contributed by atoms with E-state index in [1.54, 1.807) is 0 Å². The molecule has 0 atom stereocenters. The van der Waals surface area contributed by atoms with Crippen LogP contribution >= 0.6 is 0 Å². The molecule has 3 aromatic rings. The standard InChI is InChI=1S/C26H26N2O/c29-26-23(25-19-11-17-10-18(13-19)14-20(25)12-17)15-21(24-8-4-5-9-27-24)16-28(26)22-6-2-1-3-7-22/h1-9,15-20,25H,10-14H2. The molecule has 3 heteroatoms. The van der Waals surface area contributed by atoms with Gasteiger partial charge in [-0.25, -0.2) is 0 Å². The van der Waals surface area contributed by atoms with Crippen LogP contribution in [0.4, 0.5) is 0 Å². The summed E-state index contributed by atoms with van der Waals surface area (Å²) in [5.74, 6) is 3.59. The Morgan fingerprint density at radius 2 is 1.52 bits per heavy atom. The fraction of sp³-hybridized carbons (Fsp3) is 0.385. The Morgan fingerprint density at radius 3 is 2.17 bits per heavy atom. The highest BCUT2D eigenvalue weighted by molar-refractivity contribution is 5.60. The van der Waals surface area contributed by atoms with E-state index in [4.69, 9.17) is 0 Å². The number of pyridine rings is 2. The van der Waals surface area contributed by atoms with Gasteiger partial charge in [-0.15, -0.1) is 0 Å². The Kier molecular flexibility index (Phi) is 3.97. The highest BCUT2D eigenvalue weighted by atomic mass is 16.1. The predicted molar refractivity (Wildman–Crippen MR) is 115 cm³/mol. The molecule has 29 heavy (non-hydrogen) atoms. The summed E-state index contributed by atoms with van der Waals surface area (Å²) in [5.41, 5.74) is 4.08. The van der Waals surface area contributed by atoms with Crippen molar-refractivity contribution >= 4 is 0 Å². The molecule has 4 aliphatic rings. The molecule has 4 bridgehead atoms. The fourth-order valence-corrected chi connectivity index (χ4v) is 6.73. The Bertz CT molecular complexity index is 1060. The Balaban J connectivity index is 1.53. The molecule has 3 nitrogen and oxygen atoms in total. The van der Waals surface area contributed by atoms with Gasteiger partial charge in [0.1, 0.15) is 0 Å². The Morgan fingerprint density at radius 1 is 0.828 bits per heavy atom. The molecule has 4 saturated carbocycles. The van der Waals surface area contributed by atoms with Crippen LogP contribution in [0.25, 0.3) is 16.9 Å². The van der Waals surface area contributed by atoms with Gasteiger partial charge in [-0.1, -0.05) is 24.3 Å². The van der Waals surface area contributed by atoms with Crippen LogP contribution in [0.15, 0.2) is 71.8 Å². The van der Waals surface area contributed by atoms with Crippen LogP contribution in [0.5, 0.6) is 0 Å². The van der Waals surface area contributed by atoms with Crippen molar-refractivity contribution in [2.75, 3.05) is 0 Å². The number of hydrogen-bond donors (Lipinski definition) is 0. The highest BCUT2D eigenvalue weighted by Gasteiger charge is 2.49. The maximum Gasteiger partial charge on any atom is 0.258 e. The Hall–Kier alpha value is -2.68. The third kappa shape index (κ3) is 2.87. The van der Waals surface area contributed by atoms with E-state index in [1.165, 1.54) is 32.1 Å². The molecule has 7 rings (SSSR count). The van der Waals surface area contributed by atoms with Gasteiger partial charge in [-0.2, -0.15) is 0 Å². The molecule has 0 radical (unpaired) electrons. The van der Waals surface area contributed by atoms with E-state index < -0.39 is 0 Å². The molecule has 0 amide bonds. The lowest BCUT2D eigenvalue weighted by atomic mass is 9.51. The minimum Gasteiger partial charge on any atom is -0.283 e. The lowest BCUT2D eigenvalue weighted by Crippen LogP contribution is -2.45. The second-order valence-corrected chi connectivity index (χ2v) is 9.37. The first-order valence-corrected chi connectivity index (χ1v) is 11.0. The molecular weight excluding hydrogens is 356 g/mol. The Labute approximate surface area is 171 Å². The van der Waals surface area contributed by atoms with Gasteiger partial charge >= 0.3 is 0 Å². The van der Waals surface area contributed by atoms with Gasteiger partial charge < -0.3 is 0 Å². The average Bonchev–Trinajstić information content (AvgIpc) is 2.75. The second kappa shape index (κ2) is 6.69. The summed E-state index contributed by atoms with van der Waals surface area (Å²) in [6.07, 6.45) is 10.5. The van der Waals surface area contributed by atoms with Gasteiger partial charge in [0, 0.05) is 29.2 Å². The van der Waals surface area contributed by atoms with Crippen molar-refractivity contribution in [1.82, 2.24) is 9.55 Å². The average molecular weight is 383 g/mol. The zero-order valence-corrected chi connectivity index (χ0v) is 16.6. The SMILES string of the molecule is O=c1c(C2C3CC4CC(C3)CC2C4)cc(-c2ccccn2)cn1-c1ccccc1. The van der Waals surface area contributed by atoms with Crippen LogP contribution < -0.4 is 5.56 Å². The van der Waals surface area contributed by atoms with Crippen LogP contribution in [0.2, 0.25) is 0 Å². The summed E-state index contributed by atoms with van der Waals surface area (Å²) in [6, 6.07) is 18.2. The lowest BCUT2D eigenvalue weighted by molar-refractivity contribution is -0.00328. The van der Waals surface area contributed by atoms with Crippen molar-refractivity contribution in [3.8, 4) is 16.9 Å². The van der Waals surface area contributed by atoms with E-state index >= 15 is 0 Å². The number of nitrogens with zero attached hydrogens (tertiary/aromatic N) is 2. The van der Waals surface area contributed by atoms with E-state index in [1.807, 2.05) is 65.5 Å². The molecule has 4 fully saturated rings. The topological polar surface area (TPSA) is 34.9 Å². The van der Waals surface area contributed by atoms with Crippen molar-refractivity contribution in [3.63, 3.8) is 0 Å². The first-order chi connectivity index (χ1) is 14.3. The van der Waals surface area contributed by atoms with Crippen molar-refractivity contribution < 1.29 is 0 Å². The summed E-state index contributed by atoms with van der Waals surface area (Å²) in [5, 5.41) is 0. The third-order valence-corrected chi connectivity index (χ3v) is 7.63. The van der Waals surface area contributed by atoms with E-state index in [0.717, 1.165) is 34.3 Å². The van der Waals surface area contributed by atoms with Crippen molar-refractivity contribution in [3.05, 3.63) is 82.9 Å². The largest absolute Gasteiger partial charge is 0.283 e. The van der Waals surface area contributed by atoms with Crippen molar-refractivity contribution in [2.45, 2.75) is 38.0 Å². The number of para-hydroxylation sites is 1. The normalized spacial score (nSPS) is 29.9. The van der Waals surface area contributed by atoms with E-state index in [-0.39, 0.29) is 5.56 Å². The minimum atomic E-state index is 0.161. The first kappa shape index (κ1) is 17.2. The summed E-state index contributed by atoms with van der Waals surface area (Å²) >= 11 is 0.